The molecule has 3 N–H and O–H groups in total. The van der Waals surface area contributed by atoms with Crippen molar-refractivity contribution in [1.29, 1.82) is 0 Å². The van der Waals surface area contributed by atoms with Gasteiger partial charge in [0.25, 0.3) is 0 Å². The first-order valence-corrected chi connectivity index (χ1v) is 7.25. The van der Waals surface area contributed by atoms with E-state index in [1.54, 1.807) is 0 Å². The lowest BCUT2D eigenvalue weighted by Crippen LogP contribution is -2.45. The Morgan fingerprint density at radius 1 is 1.39 bits per heavy atom. The summed E-state index contributed by atoms with van der Waals surface area (Å²) in [7, 11) is 0. The van der Waals surface area contributed by atoms with Crippen LogP contribution in [0.1, 0.15) is 45.4 Å². The largest absolute Gasteiger partial charge is 0.378 e. The lowest BCUT2D eigenvalue weighted by molar-refractivity contribution is -0.125. The first kappa shape index (κ1) is 13.8. The molecule has 2 aliphatic rings. The van der Waals surface area contributed by atoms with Gasteiger partial charge in [-0.1, -0.05) is 19.3 Å². The second kappa shape index (κ2) is 6.02. The zero-order valence-corrected chi connectivity index (χ0v) is 11.4. The van der Waals surface area contributed by atoms with Gasteiger partial charge in [-0.25, -0.2) is 0 Å². The maximum absolute atomic E-state index is 12.1. The van der Waals surface area contributed by atoms with E-state index < -0.39 is 0 Å². The van der Waals surface area contributed by atoms with E-state index in [-0.39, 0.29) is 23.3 Å². The summed E-state index contributed by atoms with van der Waals surface area (Å²) in [5.74, 6) is 0.191. The van der Waals surface area contributed by atoms with E-state index in [2.05, 4.69) is 5.32 Å². The fourth-order valence-electron chi connectivity index (χ4n) is 3.17. The highest BCUT2D eigenvalue weighted by Gasteiger charge is 2.33. The summed E-state index contributed by atoms with van der Waals surface area (Å²) >= 11 is 0. The van der Waals surface area contributed by atoms with Gasteiger partial charge >= 0.3 is 0 Å². The molecule has 0 aromatic heterocycles. The Labute approximate surface area is 110 Å². The summed E-state index contributed by atoms with van der Waals surface area (Å²) in [6.07, 6.45) is 7.18. The SMILES string of the molecule is CC1CC(C(=O)NCC2(CN)CCCCC2)CO1. The van der Waals surface area contributed by atoms with Crippen LogP contribution in [0.25, 0.3) is 0 Å². The lowest BCUT2D eigenvalue weighted by Gasteiger charge is -2.36. The van der Waals surface area contributed by atoms with Gasteiger partial charge < -0.3 is 15.8 Å². The van der Waals surface area contributed by atoms with Crippen molar-refractivity contribution in [3.63, 3.8) is 0 Å². The molecule has 0 radical (unpaired) electrons. The van der Waals surface area contributed by atoms with E-state index in [0.717, 1.165) is 25.8 Å². The molecule has 1 aliphatic carbocycles. The molecule has 0 aromatic carbocycles. The third kappa shape index (κ3) is 3.23. The highest BCUT2D eigenvalue weighted by atomic mass is 16.5. The van der Waals surface area contributed by atoms with Gasteiger partial charge in [-0.2, -0.15) is 0 Å². The molecular weight excluding hydrogens is 228 g/mol. The molecule has 2 atom stereocenters. The fraction of sp³-hybridized carbons (Fsp3) is 0.929. The molecule has 1 saturated heterocycles. The van der Waals surface area contributed by atoms with Crippen LogP contribution in [-0.4, -0.2) is 31.7 Å². The van der Waals surface area contributed by atoms with Crippen molar-refractivity contribution in [2.45, 2.75) is 51.6 Å². The lowest BCUT2D eigenvalue weighted by atomic mass is 9.74. The first-order valence-electron chi connectivity index (χ1n) is 7.25. The summed E-state index contributed by atoms with van der Waals surface area (Å²) in [5.41, 5.74) is 6.08. The van der Waals surface area contributed by atoms with Gasteiger partial charge in [-0.3, -0.25) is 4.79 Å². The van der Waals surface area contributed by atoms with Crippen LogP contribution in [-0.2, 0) is 9.53 Å². The third-order valence-electron chi connectivity index (χ3n) is 4.55. The Hall–Kier alpha value is -0.610. The van der Waals surface area contributed by atoms with Crippen LogP contribution in [0.15, 0.2) is 0 Å². The van der Waals surface area contributed by atoms with Crippen molar-refractivity contribution in [2.75, 3.05) is 19.7 Å². The van der Waals surface area contributed by atoms with E-state index in [1.807, 2.05) is 6.92 Å². The van der Waals surface area contributed by atoms with Crippen LogP contribution >= 0.6 is 0 Å². The first-order chi connectivity index (χ1) is 8.65. The molecule has 0 spiro atoms. The number of amides is 1. The molecule has 4 heteroatoms. The Morgan fingerprint density at radius 3 is 2.67 bits per heavy atom. The number of nitrogens with one attached hydrogen (secondary N) is 1. The second-order valence-corrected chi connectivity index (χ2v) is 6.06. The second-order valence-electron chi connectivity index (χ2n) is 6.06. The van der Waals surface area contributed by atoms with Gasteiger partial charge in [0.1, 0.15) is 0 Å². The fourth-order valence-corrected chi connectivity index (χ4v) is 3.17. The number of hydrogen-bond acceptors (Lipinski definition) is 3. The zero-order chi connectivity index (χ0) is 13.0. The van der Waals surface area contributed by atoms with Crippen LogP contribution < -0.4 is 11.1 Å². The Morgan fingerprint density at radius 2 is 2.11 bits per heavy atom. The van der Waals surface area contributed by atoms with Crippen molar-refractivity contribution >= 4 is 5.91 Å². The van der Waals surface area contributed by atoms with Gasteiger partial charge in [0.05, 0.1) is 18.6 Å². The Bertz CT molecular complexity index is 288. The highest BCUT2D eigenvalue weighted by Crippen LogP contribution is 2.34. The van der Waals surface area contributed by atoms with E-state index in [9.17, 15) is 4.79 Å². The topological polar surface area (TPSA) is 64.4 Å². The monoisotopic (exact) mass is 254 g/mol. The number of carbonyl (C=O) groups excluding carboxylic acids is 1. The van der Waals surface area contributed by atoms with Crippen LogP contribution in [0.2, 0.25) is 0 Å². The van der Waals surface area contributed by atoms with Crippen molar-refractivity contribution in [2.24, 2.45) is 17.1 Å². The molecule has 0 bridgehead atoms. The molecule has 0 aromatic rings. The molecule has 2 rings (SSSR count). The normalized spacial score (nSPS) is 31.2. The predicted octanol–water partition coefficient (Wildman–Crippen LogP) is 1.44. The van der Waals surface area contributed by atoms with Gasteiger partial charge in [0.15, 0.2) is 0 Å². The van der Waals surface area contributed by atoms with E-state index in [1.165, 1.54) is 19.3 Å². The van der Waals surface area contributed by atoms with Crippen LogP contribution in [0, 0.1) is 11.3 Å². The number of rotatable bonds is 4. The van der Waals surface area contributed by atoms with E-state index in [0.29, 0.717) is 13.2 Å². The molecule has 2 fully saturated rings. The minimum Gasteiger partial charge on any atom is -0.378 e. The predicted molar refractivity (Wildman–Crippen MR) is 71.1 cm³/mol. The third-order valence-corrected chi connectivity index (χ3v) is 4.55. The number of ether oxygens (including phenoxy) is 1. The summed E-state index contributed by atoms with van der Waals surface area (Å²) in [5, 5.41) is 3.11. The Balaban J connectivity index is 1.80. The maximum Gasteiger partial charge on any atom is 0.225 e. The van der Waals surface area contributed by atoms with E-state index in [4.69, 9.17) is 10.5 Å². The molecule has 1 amide bonds. The summed E-state index contributed by atoms with van der Waals surface area (Å²) in [4.78, 5) is 12.1. The average molecular weight is 254 g/mol. The molecule has 1 saturated carbocycles. The smallest absolute Gasteiger partial charge is 0.225 e. The maximum atomic E-state index is 12.1. The van der Waals surface area contributed by atoms with Crippen LogP contribution in [0.4, 0.5) is 0 Å². The van der Waals surface area contributed by atoms with Crippen LogP contribution in [0.3, 0.4) is 0 Å². The molecule has 18 heavy (non-hydrogen) atoms. The quantitative estimate of drug-likeness (QED) is 0.798. The Kier molecular flexibility index (Phi) is 4.62. The highest BCUT2D eigenvalue weighted by molar-refractivity contribution is 5.79. The van der Waals surface area contributed by atoms with Gasteiger partial charge in [0.2, 0.25) is 5.91 Å². The van der Waals surface area contributed by atoms with Crippen molar-refractivity contribution < 1.29 is 9.53 Å². The molecule has 2 unspecified atom stereocenters. The number of nitrogens with two attached hydrogens (primary N) is 1. The molecule has 1 aliphatic heterocycles. The minimum absolute atomic E-state index is 0.0402. The van der Waals surface area contributed by atoms with Crippen molar-refractivity contribution in [1.82, 2.24) is 5.32 Å². The van der Waals surface area contributed by atoms with Crippen molar-refractivity contribution in [3.05, 3.63) is 0 Å². The minimum atomic E-state index is 0.0402. The van der Waals surface area contributed by atoms with Crippen LogP contribution in [0.5, 0.6) is 0 Å². The molecular formula is C14H26N2O2. The number of hydrogen-bond donors (Lipinski definition) is 2. The molecule has 4 nitrogen and oxygen atoms in total. The van der Waals surface area contributed by atoms with Gasteiger partial charge in [-0.15, -0.1) is 0 Å². The van der Waals surface area contributed by atoms with Gasteiger partial charge in [-0.05, 0) is 38.1 Å². The van der Waals surface area contributed by atoms with Gasteiger partial charge in [0, 0.05) is 6.54 Å². The summed E-state index contributed by atoms with van der Waals surface area (Å²) in [6.45, 7) is 4.02. The molecule has 1 heterocycles. The molecule has 104 valence electrons. The standard InChI is InChI=1S/C14H26N2O2/c1-11-7-12(8-18-11)13(17)16-10-14(9-15)5-3-2-4-6-14/h11-12H,2-10,15H2,1H3,(H,16,17). The summed E-state index contributed by atoms with van der Waals surface area (Å²) in [6, 6.07) is 0. The summed E-state index contributed by atoms with van der Waals surface area (Å²) < 4.78 is 5.44. The number of carbonyl (C=O) groups is 1. The average Bonchev–Trinajstić information content (AvgIpc) is 2.84. The van der Waals surface area contributed by atoms with Crippen molar-refractivity contribution in [3.8, 4) is 0 Å². The zero-order valence-electron chi connectivity index (χ0n) is 11.4. The van der Waals surface area contributed by atoms with E-state index >= 15 is 0 Å².